The number of rotatable bonds is 15. The van der Waals surface area contributed by atoms with E-state index < -0.39 is 17.0 Å². The molecule has 0 heterocycles. The van der Waals surface area contributed by atoms with Gasteiger partial charge in [0.2, 0.25) is 0 Å². The molecule has 3 saturated carbocycles. The topological polar surface area (TPSA) is 99.8 Å². The van der Waals surface area contributed by atoms with Crippen LogP contribution in [0.15, 0.2) is 21.2 Å². The lowest BCUT2D eigenvalue weighted by Gasteiger charge is -2.58. The molecule has 4 aliphatic rings. The van der Waals surface area contributed by atoms with E-state index >= 15 is 0 Å². The van der Waals surface area contributed by atoms with E-state index in [9.17, 15) is 14.4 Å². The van der Waals surface area contributed by atoms with Gasteiger partial charge in [0.1, 0.15) is 17.5 Å². The predicted molar refractivity (Wildman–Crippen MR) is 200 cm³/mol. The third kappa shape index (κ3) is 8.11. The average molecular weight is 689 g/mol. The highest BCUT2D eigenvalue weighted by atomic mass is 35.5. The van der Waals surface area contributed by atoms with Crippen LogP contribution in [0.25, 0.3) is 0 Å². The Hall–Kier alpha value is -2.06. The number of fused-ring (bicyclic) bond motifs is 5. The van der Waals surface area contributed by atoms with Crippen molar-refractivity contribution in [2.24, 2.45) is 46.3 Å². The predicted octanol–water partition coefficient (Wildman–Crippen LogP) is 7.62. The van der Waals surface area contributed by atoms with Crippen molar-refractivity contribution in [1.29, 1.82) is 0 Å². The molecule has 0 unspecified atom stereocenters. The SMILES string of the molecule is CC(C)CCC[C@@H](C)[C@H]1CC[C@H]2[C@@H]3CC=C4C[C@@H](OC(=O)NCCNc5c(NCCCN(C)C)c(=O)c5=O)CC[C@]4(C)[C@H]3CC[C@]12C.Cl. The Balaban J connectivity index is 0.00000520. The first-order valence-electron chi connectivity index (χ1n) is 18.9. The summed E-state index contributed by atoms with van der Waals surface area (Å²) in [5, 5.41) is 8.95. The summed E-state index contributed by atoms with van der Waals surface area (Å²) >= 11 is 0. The summed E-state index contributed by atoms with van der Waals surface area (Å²) in [6, 6.07) is 0. The van der Waals surface area contributed by atoms with Gasteiger partial charge in [0.05, 0.1) is 0 Å². The van der Waals surface area contributed by atoms with Crippen molar-refractivity contribution in [3.05, 3.63) is 32.1 Å². The van der Waals surface area contributed by atoms with Crippen LogP contribution in [0.1, 0.15) is 112 Å². The van der Waals surface area contributed by atoms with Gasteiger partial charge in [-0.05, 0) is 118 Å². The minimum absolute atomic E-state index is 0. The molecule has 8 nitrogen and oxygen atoms in total. The van der Waals surface area contributed by atoms with Crippen molar-refractivity contribution in [1.82, 2.24) is 10.2 Å². The third-order valence-electron chi connectivity index (χ3n) is 13.2. The van der Waals surface area contributed by atoms with E-state index in [1.165, 1.54) is 56.9 Å². The van der Waals surface area contributed by atoms with E-state index in [1.807, 2.05) is 14.1 Å². The Morgan fingerprint density at radius 1 is 0.917 bits per heavy atom. The van der Waals surface area contributed by atoms with Gasteiger partial charge in [-0.2, -0.15) is 0 Å². The standard InChI is InChI=1S/C39H64N4O4.ClH/c1-25(2)10-8-11-26(3)30-14-15-31-29-13-12-27-24-28(16-18-38(27,4)32(29)17-19-39(30,31)5)47-37(46)42-22-21-41-34-33(35(44)36(34)45)40-20-9-23-43(6)7;/h12,25-26,28-32,40-41H,8-11,13-24H2,1-7H3,(H,42,46);1H/t26-,28+,29+,30-,31+,32+,38+,39-;/m1./s1. The van der Waals surface area contributed by atoms with Crippen LogP contribution in [0.3, 0.4) is 0 Å². The van der Waals surface area contributed by atoms with Gasteiger partial charge in [-0.3, -0.25) is 9.59 Å². The number of carbonyl (C=O) groups is 1. The highest BCUT2D eigenvalue weighted by Crippen LogP contribution is 2.67. The maximum atomic E-state index is 12.7. The minimum Gasteiger partial charge on any atom is -0.446 e. The second kappa shape index (κ2) is 16.3. The van der Waals surface area contributed by atoms with Crippen molar-refractivity contribution >= 4 is 29.9 Å². The second-order valence-electron chi connectivity index (χ2n) is 16.9. The highest BCUT2D eigenvalue weighted by Gasteiger charge is 2.59. The summed E-state index contributed by atoms with van der Waals surface area (Å²) in [5.74, 6) is 4.91. The van der Waals surface area contributed by atoms with Gasteiger partial charge < -0.3 is 25.6 Å². The average Bonchev–Trinajstić information content (AvgIpc) is 3.38. The largest absolute Gasteiger partial charge is 0.446 e. The second-order valence-corrected chi connectivity index (χ2v) is 16.9. The van der Waals surface area contributed by atoms with Gasteiger partial charge >= 0.3 is 6.09 Å². The molecule has 0 saturated heterocycles. The molecule has 5 rings (SSSR count). The van der Waals surface area contributed by atoms with Crippen LogP contribution in [0.2, 0.25) is 0 Å². The van der Waals surface area contributed by atoms with E-state index in [-0.39, 0.29) is 23.9 Å². The molecular weight excluding hydrogens is 624 g/mol. The number of carbonyl (C=O) groups excluding carboxylic acids is 1. The molecule has 1 aromatic carbocycles. The molecule has 8 atom stereocenters. The maximum absolute atomic E-state index is 12.7. The lowest BCUT2D eigenvalue weighted by Crippen LogP contribution is -2.51. The Kier molecular flexibility index (Phi) is 13.2. The van der Waals surface area contributed by atoms with Gasteiger partial charge in [0.25, 0.3) is 10.9 Å². The number of allylic oxidation sites excluding steroid dienone is 1. The summed E-state index contributed by atoms with van der Waals surface area (Å²) < 4.78 is 5.92. The van der Waals surface area contributed by atoms with Crippen LogP contribution in [0, 0.1) is 46.3 Å². The first kappa shape index (κ1) is 38.7. The normalized spacial score (nSPS) is 31.7. The smallest absolute Gasteiger partial charge is 0.407 e. The number of hydrogen-bond donors (Lipinski definition) is 3. The molecule has 9 heteroatoms. The molecule has 3 N–H and O–H groups in total. The van der Waals surface area contributed by atoms with Crippen molar-refractivity contribution < 1.29 is 9.53 Å². The number of ether oxygens (including phenoxy) is 1. The van der Waals surface area contributed by atoms with Gasteiger partial charge in [0, 0.05) is 26.1 Å². The Morgan fingerprint density at radius 2 is 1.62 bits per heavy atom. The molecule has 0 bridgehead atoms. The molecule has 48 heavy (non-hydrogen) atoms. The number of amides is 1. The number of nitrogens with one attached hydrogen (secondary N) is 3. The van der Waals surface area contributed by atoms with Gasteiger partial charge in [0.15, 0.2) is 0 Å². The lowest BCUT2D eigenvalue weighted by atomic mass is 9.47. The molecule has 0 aliphatic heterocycles. The molecule has 1 amide bonds. The molecule has 272 valence electrons. The van der Waals surface area contributed by atoms with Gasteiger partial charge in [-0.25, -0.2) is 4.79 Å². The molecule has 0 radical (unpaired) electrons. The lowest BCUT2D eigenvalue weighted by molar-refractivity contribution is -0.0581. The van der Waals surface area contributed by atoms with E-state index in [4.69, 9.17) is 4.74 Å². The number of anilines is 2. The highest BCUT2D eigenvalue weighted by molar-refractivity contribution is 5.85. The zero-order valence-corrected chi connectivity index (χ0v) is 31.7. The van der Waals surface area contributed by atoms with Crippen LogP contribution in [-0.2, 0) is 4.74 Å². The fourth-order valence-electron chi connectivity index (χ4n) is 10.6. The number of alkyl carbamates (subject to hydrolysis) is 1. The Labute approximate surface area is 296 Å². The van der Waals surface area contributed by atoms with Crippen LogP contribution in [0.4, 0.5) is 16.2 Å². The number of nitrogens with zero attached hydrogens (tertiary/aromatic N) is 1. The summed E-state index contributed by atoms with van der Waals surface area (Å²) in [7, 11) is 4.00. The monoisotopic (exact) mass is 688 g/mol. The quantitative estimate of drug-likeness (QED) is 0.0991. The van der Waals surface area contributed by atoms with Crippen LogP contribution in [0.5, 0.6) is 0 Å². The zero-order valence-electron chi connectivity index (χ0n) is 30.9. The van der Waals surface area contributed by atoms with Crippen molar-refractivity contribution in [2.75, 3.05) is 50.9 Å². The number of hydrogen-bond acceptors (Lipinski definition) is 7. The third-order valence-corrected chi connectivity index (χ3v) is 13.2. The Bertz CT molecular complexity index is 1340. The van der Waals surface area contributed by atoms with Crippen LogP contribution >= 0.6 is 12.4 Å². The first-order valence-corrected chi connectivity index (χ1v) is 18.9. The minimum atomic E-state index is -0.502. The van der Waals surface area contributed by atoms with Crippen molar-refractivity contribution in [2.45, 2.75) is 118 Å². The summed E-state index contributed by atoms with van der Waals surface area (Å²) in [5.41, 5.74) is 1.94. The molecule has 3 fully saturated rings. The van der Waals surface area contributed by atoms with Crippen LogP contribution in [-0.4, -0.2) is 57.4 Å². The zero-order chi connectivity index (χ0) is 33.9. The Morgan fingerprint density at radius 3 is 2.31 bits per heavy atom. The van der Waals surface area contributed by atoms with E-state index in [0.717, 1.165) is 67.7 Å². The molecule has 0 spiro atoms. The fourth-order valence-corrected chi connectivity index (χ4v) is 10.6. The van der Waals surface area contributed by atoms with Gasteiger partial charge in [-0.15, -0.1) is 12.4 Å². The summed E-state index contributed by atoms with van der Waals surface area (Å²) in [4.78, 5) is 38.9. The van der Waals surface area contributed by atoms with Crippen molar-refractivity contribution in [3.63, 3.8) is 0 Å². The summed E-state index contributed by atoms with van der Waals surface area (Å²) in [6.45, 7) is 14.6. The molecule has 4 aliphatic carbocycles. The first-order chi connectivity index (χ1) is 22.3. The molecule has 0 aromatic heterocycles. The fraction of sp³-hybridized carbons (Fsp3) is 0.821. The maximum Gasteiger partial charge on any atom is 0.407 e. The number of halogens is 1. The van der Waals surface area contributed by atoms with Crippen LogP contribution < -0.4 is 26.8 Å². The summed E-state index contributed by atoms with van der Waals surface area (Å²) in [6.07, 6.45) is 16.6. The van der Waals surface area contributed by atoms with Gasteiger partial charge in [-0.1, -0.05) is 65.5 Å². The molecule has 1 aromatic rings. The van der Waals surface area contributed by atoms with Crippen molar-refractivity contribution in [3.8, 4) is 0 Å². The molecular formula is C39H65ClN4O4. The van der Waals surface area contributed by atoms with E-state index in [0.29, 0.717) is 36.4 Å². The van der Waals surface area contributed by atoms with E-state index in [2.05, 4.69) is 61.5 Å². The van der Waals surface area contributed by atoms with E-state index in [1.54, 1.807) is 0 Å².